The zero-order valence-electron chi connectivity index (χ0n) is 9.36. The number of rotatable bonds is 2. The maximum Gasteiger partial charge on any atom is 0.261 e. The minimum Gasteiger partial charge on any atom is -0.348 e. The predicted octanol–water partition coefficient (Wildman–Crippen LogP) is 3.28. The Kier molecular flexibility index (Phi) is 2.22. The first-order valence-electron chi connectivity index (χ1n) is 6.30. The molecule has 0 aromatic carbocycles. The molecule has 0 saturated heterocycles. The van der Waals surface area contributed by atoms with Gasteiger partial charge >= 0.3 is 0 Å². The van der Waals surface area contributed by atoms with E-state index in [1.54, 1.807) is 0 Å². The summed E-state index contributed by atoms with van der Waals surface area (Å²) in [7, 11) is 0. The Labute approximate surface area is 113 Å². The van der Waals surface area contributed by atoms with Crippen molar-refractivity contribution in [3.05, 3.63) is 20.8 Å². The lowest BCUT2D eigenvalue weighted by Crippen LogP contribution is -2.29. The number of hydrogen-bond acceptors (Lipinski definition) is 2. The minimum atomic E-state index is 0.125. The van der Waals surface area contributed by atoms with E-state index in [2.05, 4.69) is 21.2 Å². The maximum atomic E-state index is 12.1. The molecule has 4 unspecified atom stereocenters. The molecule has 1 aromatic heterocycles. The number of fused-ring (bicyclic) bond motifs is 5. The molecule has 4 heteroatoms. The van der Waals surface area contributed by atoms with Crippen LogP contribution >= 0.6 is 27.3 Å². The number of nitrogens with one attached hydrogen (secondary N) is 1. The number of carbonyl (C=O) groups excluding carboxylic acids is 1. The lowest BCUT2D eigenvalue weighted by molar-refractivity contribution is 0.0948. The molecule has 1 heterocycles. The second-order valence-electron chi connectivity index (χ2n) is 5.59. The van der Waals surface area contributed by atoms with E-state index in [9.17, 15) is 4.79 Å². The van der Waals surface area contributed by atoms with Crippen molar-refractivity contribution in [2.75, 3.05) is 0 Å². The number of amides is 1. The second kappa shape index (κ2) is 3.58. The van der Waals surface area contributed by atoms with Crippen molar-refractivity contribution in [1.82, 2.24) is 5.32 Å². The van der Waals surface area contributed by atoms with Crippen molar-refractivity contribution >= 4 is 33.2 Å². The van der Waals surface area contributed by atoms with Gasteiger partial charge in [0.25, 0.3) is 5.91 Å². The molecule has 1 aromatic rings. The Morgan fingerprint density at radius 2 is 2.00 bits per heavy atom. The maximum absolute atomic E-state index is 12.1. The molecule has 3 aliphatic carbocycles. The molecule has 1 N–H and O–H groups in total. The van der Waals surface area contributed by atoms with E-state index < -0.39 is 0 Å². The number of hydrogen-bond donors (Lipinski definition) is 1. The standard InChI is InChI=1S/C13H14BrNOS/c14-9-4-3-8(17-9)13(16)15-12-10-6-1-2-7(5-6)11(10)12/h3-4,6-7,10-12H,1-2,5H2,(H,15,16). The van der Waals surface area contributed by atoms with E-state index in [0.29, 0.717) is 6.04 Å². The van der Waals surface area contributed by atoms with Gasteiger partial charge in [-0.05, 0) is 71.0 Å². The van der Waals surface area contributed by atoms with Gasteiger partial charge < -0.3 is 5.32 Å². The van der Waals surface area contributed by atoms with Crippen LogP contribution in [0.4, 0.5) is 0 Å². The highest BCUT2D eigenvalue weighted by atomic mass is 79.9. The van der Waals surface area contributed by atoms with Gasteiger partial charge in [-0.1, -0.05) is 0 Å². The monoisotopic (exact) mass is 311 g/mol. The van der Waals surface area contributed by atoms with Crippen molar-refractivity contribution in [2.24, 2.45) is 23.7 Å². The Hall–Kier alpha value is -0.350. The van der Waals surface area contributed by atoms with Crippen LogP contribution in [0.25, 0.3) is 0 Å². The van der Waals surface area contributed by atoms with E-state index in [-0.39, 0.29) is 5.91 Å². The summed E-state index contributed by atoms with van der Waals surface area (Å²) in [6.45, 7) is 0. The second-order valence-corrected chi connectivity index (χ2v) is 8.05. The van der Waals surface area contributed by atoms with Crippen LogP contribution in [0.3, 0.4) is 0 Å². The van der Waals surface area contributed by atoms with Crippen LogP contribution in [0.1, 0.15) is 28.9 Å². The third-order valence-corrected chi connectivity index (χ3v) is 6.45. The molecule has 0 radical (unpaired) electrons. The van der Waals surface area contributed by atoms with E-state index in [0.717, 1.165) is 32.3 Å². The van der Waals surface area contributed by atoms with E-state index >= 15 is 0 Å². The number of halogens is 1. The third-order valence-electron chi connectivity index (χ3n) is 4.83. The van der Waals surface area contributed by atoms with Gasteiger partial charge in [0.05, 0.1) is 8.66 Å². The first kappa shape index (κ1) is 10.6. The van der Waals surface area contributed by atoms with Gasteiger partial charge in [0.2, 0.25) is 0 Å². The fourth-order valence-corrected chi connectivity index (χ4v) is 5.47. The summed E-state index contributed by atoms with van der Waals surface area (Å²) in [5.74, 6) is 3.61. The fraction of sp³-hybridized carbons (Fsp3) is 0.615. The Bertz CT molecular complexity index is 470. The van der Waals surface area contributed by atoms with Crippen molar-refractivity contribution in [3.63, 3.8) is 0 Å². The summed E-state index contributed by atoms with van der Waals surface area (Å²) in [6, 6.07) is 4.34. The molecule has 90 valence electrons. The predicted molar refractivity (Wildman–Crippen MR) is 71.1 cm³/mol. The van der Waals surface area contributed by atoms with Crippen LogP contribution in [-0.2, 0) is 0 Å². The molecule has 2 bridgehead atoms. The molecule has 4 rings (SSSR count). The van der Waals surface area contributed by atoms with Gasteiger partial charge in [-0.25, -0.2) is 0 Å². The van der Waals surface area contributed by atoms with Crippen molar-refractivity contribution in [1.29, 1.82) is 0 Å². The van der Waals surface area contributed by atoms with Crippen molar-refractivity contribution < 1.29 is 4.79 Å². The fourth-order valence-electron chi connectivity index (χ4n) is 4.18. The first-order valence-corrected chi connectivity index (χ1v) is 7.91. The zero-order valence-corrected chi connectivity index (χ0v) is 11.8. The highest BCUT2D eigenvalue weighted by molar-refractivity contribution is 9.11. The number of carbonyl (C=O) groups is 1. The normalized spacial score (nSPS) is 41.4. The lowest BCUT2D eigenvalue weighted by atomic mass is 10.0. The molecule has 3 saturated carbocycles. The largest absolute Gasteiger partial charge is 0.348 e. The van der Waals surface area contributed by atoms with Gasteiger partial charge in [0.1, 0.15) is 0 Å². The quantitative estimate of drug-likeness (QED) is 0.892. The first-order chi connectivity index (χ1) is 8.24. The molecule has 0 aliphatic heterocycles. The molecule has 3 fully saturated rings. The Balaban J connectivity index is 1.45. The summed E-state index contributed by atoms with van der Waals surface area (Å²) in [5.41, 5.74) is 0. The van der Waals surface area contributed by atoms with Crippen LogP contribution in [0.5, 0.6) is 0 Å². The van der Waals surface area contributed by atoms with Crippen molar-refractivity contribution in [2.45, 2.75) is 25.3 Å². The molecule has 4 atom stereocenters. The van der Waals surface area contributed by atoms with Crippen LogP contribution in [0.2, 0.25) is 0 Å². The molecular weight excluding hydrogens is 298 g/mol. The molecule has 1 amide bonds. The van der Waals surface area contributed by atoms with E-state index in [1.807, 2.05) is 12.1 Å². The summed E-state index contributed by atoms with van der Waals surface area (Å²) >= 11 is 4.91. The van der Waals surface area contributed by atoms with Crippen LogP contribution < -0.4 is 5.32 Å². The molecule has 2 nitrogen and oxygen atoms in total. The minimum absolute atomic E-state index is 0.125. The van der Waals surface area contributed by atoms with Gasteiger partial charge in [-0.15, -0.1) is 11.3 Å². The van der Waals surface area contributed by atoms with Gasteiger partial charge in [-0.3, -0.25) is 4.79 Å². The third kappa shape index (κ3) is 1.53. The van der Waals surface area contributed by atoms with E-state index in [4.69, 9.17) is 0 Å². The molecule has 17 heavy (non-hydrogen) atoms. The summed E-state index contributed by atoms with van der Waals surface area (Å²) in [4.78, 5) is 12.9. The number of thiophene rings is 1. The lowest BCUT2D eigenvalue weighted by Gasteiger charge is -2.09. The van der Waals surface area contributed by atoms with E-state index in [1.165, 1.54) is 30.6 Å². The highest BCUT2D eigenvalue weighted by Crippen LogP contribution is 2.65. The smallest absolute Gasteiger partial charge is 0.261 e. The van der Waals surface area contributed by atoms with Crippen molar-refractivity contribution in [3.8, 4) is 0 Å². The topological polar surface area (TPSA) is 29.1 Å². The summed E-state index contributed by atoms with van der Waals surface area (Å²) in [6.07, 6.45) is 4.25. The zero-order chi connectivity index (χ0) is 11.6. The Morgan fingerprint density at radius 1 is 1.29 bits per heavy atom. The average molecular weight is 312 g/mol. The van der Waals surface area contributed by atoms with Gasteiger partial charge in [-0.2, -0.15) is 0 Å². The average Bonchev–Trinajstić information content (AvgIpc) is 2.77. The van der Waals surface area contributed by atoms with Crippen LogP contribution in [-0.4, -0.2) is 11.9 Å². The molecular formula is C13H14BrNOS. The Morgan fingerprint density at radius 3 is 2.59 bits per heavy atom. The molecule has 3 aliphatic rings. The van der Waals surface area contributed by atoms with Gasteiger partial charge in [0.15, 0.2) is 0 Å². The van der Waals surface area contributed by atoms with Crippen LogP contribution in [0.15, 0.2) is 15.9 Å². The summed E-state index contributed by atoms with van der Waals surface area (Å²) in [5, 5.41) is 3.24. The highest BCUT2D eigenvalue weighted by Gasteiger charge is 2.65. The molecule has 0 spiro atoms. The summed E-state index contributed by atoms with van der Waals surface area (Å²) < 4.78 is 1.03. The SMILES string of the molecule is O=C(NC1C2C3CCC(C3)C12)c1ccc(Br)s1. The van der Waals surface area contributed by atoms with Crippen LogP contribution in [0, 0.1) is 23.7 Å². The van der Waals surface area contributed by atoms with Gasteiger partial charge in [0, 0.05) is 6.04 Å².